The number of carbonyl (C=O) groups excluding carboxylic acids is 4. The molecule has 14 heteroatoms. The van der Waals surface area contributed by atoms with E-state index in [-0.39, 0.29) is 49.1 Å². The summed E-state index contributed by atoms with van der Waals surface area (Å²) >= 11 is 0. The number of anilines is 1. The van der Waals surface area contributed by atoms with Crippen LogP contribution in [0.5, 0.6) is 0 Å². The molecule has 0 radical (unpaired) electrons. The van der Waals surface area contributed by atoms with Crippen molar-refractivity contribution in [3.63, 3.8) is 0 Å². The summed E-state index contributed by atoms with van der Waals surface area (Å²) in [5.74, 6) is -4.28. The maximum absolute atomic E-state index is 13.9. The number of halogens is 3. The third-order valence-electron chi connectivity index (χ3n) is 8.72. The van der Waals surface area contributed by atoms with Crippen LogP contribution in [-0.4, -0.2) is 69.2 Å². The number of carbonyl (C=O) groups is 4. The largest absolute Gasteiger partial charge is 0.471 e. The first-order chi connectivity index (χ1) is 19.2. The number of nitriles is 1. The lowest BCUT2D eigenvalue weighted by molar-refractivity contribution is -0.176. The van der Waals surface area contributed by atoms with Gasteiger partial charge in [-0.05, 0) is 41.9 Å². The molecule has 4 aliphatic rings. The molecule has 220 valence electrons. The molecule has 3 N–H and O–H groups in total. The second-order valence-corrected chi connectivity index (χ2v) is 12.4. The Morgan fingerprint density at radius 1 is 1.17 bits per heavy atom. The molecule has 1 aromatic heterocycles. The third kappa shape index (κ3) is 5.29. The predicted molar refractivity (Wildman–Crippen MR) is 137 cm³/mol. The summed E-state index contributed by atoms with van der Waals surface area (Å²) in [5, 5.41) is 21.3. The first-order valence-electron chi connectivity index (χ1n) is 13.6. The Morgan fingerprint density at radius 3 is 2.54 bits per heavy atom. The van der Waals surface area contributed by atoms with Gasteiger partial charge in [-0.1, -0.05) is 32.9 Å². The quantitative estimate of drug-likeness (QED) is 0.439. The molecule has 8 atom stereocenters. The van der Waals surface area contributed by atoms with E-state index >= 15 is 0 Å². The van der Waals surface area contributed by atoms with E-state index in [1.165, 1.54) is 31.9 Å². The topological polar surface area (TPSA) is 149 Å². The van der Waals surface area contributed by atoms with E-state index in [0.29, 0.717) is 5.82 Å². The predicted octanol–water partition coefficient (Wildman–Crippen LogP) is 1.59. The van der Waals surface area contributed by atoms with Crippen molar-refractivity contribution in [2.75, 3.05) is 11.9 Å². The fraction of sp³-hybridized carbons (Fsp3) is 0.630. The maximum atomic E-state index is 13.9. The molecule has 41 heavy (non-hydrogen) atoms. The number of allylic oxidation sites excluding steroid dienone is 2. The molecule has 2 aliphatic carbocycles. The molecule has 0 aromatic carbocycles. The summed E-state index contributed by atoms with van der Waals surface area (Å²) in [7, 11) is 0. The van der Waals surface area contributed by atoms with Gasteiger partial charge in [-0.3, -0.25) is 19.2 Å². The molecule has 1 aromatic rings. The average molecular weight is 576 g/mol. The number of rotatable bonds is 6. The van der Waals surface area contributed by atoms with Gasteiger partial charge >= 0.3 is 12.1 Å². The zero-order valence-corrected chi connectivity index (χ0v) is 22.8. The van der Waals surface area contributed by atoms with Crippen LogP contribution in [0, 0.1) is 46.3 Å². The Kier molecular flexibility index (Phi) is 7.11. The molecule has 4 amide bonds. The van der Waals surface area contributed by atoms with E-state index in [1.54, 1.807) is 10.7 Å². The van der Waals surface area contributed by atoms with Gasteiger partial charge in [0.05, 0.1) is 24.7 Å². The molecule has 2 aliphatic heterocycles. The van der Waals surface area contributed by atoms with Gasteiger partial charge in [0.25, 0.3) is 0 Å². The van der Waals surface area contributed by atoms with Crippen LogP contribution >= 0.6 is 0 Å². The summed E-state index contributed by atoms with van der Waals surface area (Å²) in [6.07, 6.45) is 1.21. The van der Waals surface area contributed by atoms with Crippen molar-refractivity contribution >= 4 is 29.4 Å². The van der Waals surface area contributed by atoms with Crippen molar-refractivity contribution in [3.05, 3.63) is 24.4 Å². The maximum Gasteiger partial charge on any atom is 0.471 e. The van der Waals surface area contributed by atoms with E-state index in [1.807, 2.05) is 23.5 Å². The first kappa shape index (κ1) is 28.6. The summed E-state index contributed by atoms with van der Waals surface area (Å²) in [6.45, 7) is 4.98. The van der Waals surface area contributed by atoms with E-state index in [2.05, 4.69) is 15.7 Å². The van der Waals surface area contributed by atoms with Crippen molar-refractivity contribution in [3.8, 4) is 6.07 Å². The van der Waals surface area contributed by atoms with Crippen LogP contribution < -0.4 is 16.0 Å². The fourth-order valence-electron chi connectivity index (χ4n) is 6.78. The normalized spacial score (nSPS) is 29.7. The molecule has 1 saturated carbocycles. The van der Waals surface area contributed by atoms with Crippen LogP contribution in [0.3, 0.4) is 0 Å². The minimum Gasteiger partial charge on any atom is -0.339 e. The van der Waals surface area contributed by atoms with Gasteiger partial charge < -0.3 is 20.9 Å². The molecule has 6 unspecified atom stereocenters. The SMILES string of the molecule is CC(C)(C)[C@H](NC(=O)C(F)(F)F)C(=O)N1CC2C3C=CC(C3)C2C1C(=O)N[C@H](C#N)CC1Cn2nccc2NC1=O. The van der Waals surface area contributed by atoms with Crippen LogP contribution in [0.4, 0.5) is 19.0 Å². The Labute approximate surface area is 234 Å². The highest BCUT2D eigenvalue weighted by Gasteiger charge is 2.59. The Morgan fingerprint density at radius 2 is 1.88 bits per heavy atom. The number of nitrogens with zero attached hydrogens (tertiary/aromatic N) is 4. The Hall–Kier alpha value is -3.89. The number of hydrogen-bond acceptors (Lipinski definition) is 6. The lowest BCUT2D eigenvalue weighted by Gasteiger charge is -2.37. The monoisotopic (exact) mass is 575 g/mol. The molecule has 1 saturated heterocycles. The molecule has 11 nitrogen and oxygen atoms in total. The Bertz CT molecular complexity index is 1330. The second kappa shape index (κ2) is 10.2. The van der Waals surface area contributed by atoms with Crippen LogP contribution in [0.1, 0.15) is 33.6 Å². The van der Waals surface area contributed by atoms with Gasteiger partial charge in [0.1, 0.15) is 23.9 Å². The highest BCUT2D eigenvalue weighted by atomic mass is 19.4. The van der Waals surface area contributed by atoms with Crippen molar-refractivity contribution < 1.29 is 32.3 Å². The van der Waals surface area contributed by atoms with Crippen LogP contribution in [0.2, 0.25) is 0 Å². The molecule has 2 fully saturated rings. The van der Waals surface area contributed by atoms with Crippen LogP contribution in [0.15, 0.2) is 24.4 Å². The smallest absolute Gasteiger partial charge is 0.339 e. The molecule has 5 rings (SSSR count). The first-order valence-corrected chi connectivity index (χ1v) is 13.6. The van der Waals surface area contributed by atoms with Crippen molar-refractivity contribution in [1.29, 1.82) is 5.26 Å². The van der Waals surface area contributed by atoms with E-state index < -0.39 is 53.4 Å². The van der Waals surface area contributed by atoms with Crippen molar-refractivity contribution in [2.45, 2.75) is 64.5 Å². The molecule has 0 spiro atoms. The van der Waals surface area contributed by atoms with Gasteiger partial charge in [-0.25, -0.2) is 4.68 Å². The molecule has 2 bridgehead atoms. The van der Waals surface area contributed by atoms with Gasteiger partial charge in [0.15, 0.2) is 0 Å². The minimum atomic E-state index is -5.19. The van der Waals surface area contributed by atoms with Gasteiger partial charge in [-0.2, -0.15) is 23.5 Å². The van der Waals surface area contributed by atoms with Crippen LogP contribution in [-0.2, 0) is 25.7 Å². The zero-order valence-electron chi connectivity index (χ0n) is 22.8. The van der Waals surface area contributed by atoms with Crippen molar-refractivity contribution in [1.82, 2.24) is 25.3 Å². The number of alkyl halides is 3. The van der Waals surface area contributed by atoms with Gasteiger partial charge in [0, 0.05) is 12.6 Å². The molecular weight excluding hydrogens is 543 g/mol. The number of nitrogens with one attached hydrogen (secondary N) is 3. The number of likely N-dealkylation sites (tertiary alicyclic amines) is 1. The summed E-state index contributed by atoms with van der Waals surface area (Å²) in [4.78, 5) is 53.4. The fourth-order valence-corrected chi connectivity index (χ4v) is 6.78. The van der Waals surface area contributed by atoms with E-state index in [0.717, 1.165) is 6.42 Å². The van der Waals surface area contributed by atoms with Gasteiger partial charge in [0.2, 0.25) is 17.7 Å². The van der Waals surface area contributed by atoms with E-state index in [9.17, 15) is 37.6 Å². The lowest BCUT2D eigenvalue weighted by Crippen LogP contribution is -2.60. The molecular formula is C27H32F3N7O4. The molecule has 3 heterocycles. The van der Waals surface area contributed by atoms with Crippen LogP contribution in [0.25, 0.3) is 0 Å². The summed E-state index contributed by atoms with van der Waals surface area (Å²) < 4.78 is 41.0. The number of hydrogen-bond donors (Lipinski definition) is 3. The minimum absolute atomic E-state index is 0.000345. The average Bonchev–Trinajstić information content (AvgIpc) is 3.66. The third-order valence-corrected chi connectivity index (χ3v) is 8.72. The zero-order chi connectivity index (χ0) is 29.9. The van der Waals surface area contributed by atoms with Gasteiger partial charge in [-0.15, -0.1) is 0 Å². The number of aromatic nitrogens is 2. The lowest BCUT2D eigenvalue weighted by atomic mass is 9.81. The summed E-state index contributed by atoms with van der Waals surface area (Å²) in [6, 6.07) is 0.0155. The number of fused-ring (bicyclic) bond motifs is 6. The summed E-state index contributed by atoms with van der Waals surface area (Å²) in [5.41, 5.74) is -1.09. The van der Waals surface area contributed by atoms with Crippen molar-refractivity contribution in [2.24, 2.45) is 35.0 Å². The second-order valence-electron chi connectivity index (χ2n) is 12.4. The Balaban J connectivity index is 1.37. The highest BCUT2D eigenvalue weighted by Crippen LogP contribution is 2.54. The van der Waals surface area contributed by atoms with E-state index in [4.69, 9.17) is 0 Å². The standard InChI is InChI=1S/C27H32F3N7O4/c1-26(2,3)21(35-25(41)27(28,29)30)24(40)36-12-17-13-4-5-14(8-13)19(17)20(36)23(39)33-16(10-31)9-15-11-37-18(6-7-32-37)34-22(15)38/h4-7,13-17,19-21H,8-9,11-12H2,1-3H3,(H,33,39)(H,34,38)(H,35,41)/t13?,14?,15?,16-,17?,19?,20?,21+/m0/s1. The highest BCUT2D eigenvalue weighted by molar-refractivity contribution is 5.95. The number of amides is 4.